The Labute approximate surface area is 115 Å². The van der Waals surface area contributed by atoms with E-state index in [1.54, 1.807) is 14.0 Å². The molecule has 1 saturated carbocycles. The molecule has 2 rings (SSSR count). The van der Waals surface area contributed by atoms with E-state index in [0.717, 1.165) is 6.42 Å². The summed E-state index contributed by atoms with van der Waals surface area (Å²) < 4.78 is 0. The number of aromatic amines is 1. The van der Waals surface area contributed by atoms with Crippen molar-refractivity contribution in [1.82, 2.24) is 15.3 Å². The van der Waals surface area contributed by atoms with Crippen LogP contribution in [0.25, 0.3) is 0 Å². The second-order valence-electron chi connectivity index (χ2n) is 4.87. The van der Waals surface area contributed by atoms with Crippen LogP contribution in [0.5, 0.6) is 0 Å². The van der Waals surface area contributed by atoms with Gasteiger partial charge in [0.15, 0.2) is 5.16 Å². The Morgan fingerprint density at radius 1 is 1.68 bits per heavy atom. The molecule has 0 aliphatic heterocycles. The quantitative estimate of drug-likeness (QED) is 0.683. The minimum Gasteiger partial charge on any atom is -0.368 e. The zero-order valence-electron chi connectivity index (χ0n) is 11.0. The highest BCUT2D eigenvalue weighted by Gasteiger charge is 2.43. The summed E-state index contributed by atoms with van der Waals surface area (Å²) in [5, 5.41) is 3.87. The number of nitrogens with one attached hydrogen (secondary N) is 2. The fourth-order valence-corrected chi connectivity index (χ4v) is 3.72. The van der Waals surface area contributed by atoms with E-state index in [2.05, 4.69) is 15.3 Å². The minimum absolute atomic E-state index is 0.150. The van der Waals surface area contributed by atoms with Crippen LogP contribution >= 0.6 is 11.8 Å². The number of carbonyl (C=O) groups is 1. The zero-order chi connectivity index (χ0) is 14.0. The Morgan fingerprint density at radius 2 is 2.42 bits per heavy atom. The standard InChI is InChI=1S/C12H18N4O2S/c1-7-5-9(17)16-11(15-7)19-8-3-4-12(6-8,14-2)10(13)18/h5,8,14H,3-4,6H2,1-2H3,(H2,13,18)(H,15,16,17). The molecule has 1 heterocycles. The van der Waals surface area contributed by atoms with Gasteiger partial charge in [-0.1, -0.05) is 11.8 Å². The van der Waals surface area contributed by atoms with E-state index in [1.807, 2.05) is 0 Å². The number of primary amides is 1. The monoisotopic (exact) mass is 282 g/mol. The van der Waals surface area contributed by atoms with Crippen LogP contribution in [0.1, 0.15) is 25.0 Å². The molecular weight excluding hydrogens is 264 g/mol. The fraction of sp³-hybridized carbons (Fsp3) is 0.583. The van der Waals surface area contributed by atoms with E-state index in [1.165, 1.54) is 17.8 Å². The summed E-state index contributed by atoms with van der Waals surface area (Å²) in [6.07, 6.45) is 2.24. The van der Waals surface area contributed by atoms with E-state index >= 15 is 0 Å². The first-order chi connectivity index (χ1) is 8.95. The molecular formula is C12H18N4O2S. The highest BCUT2D eigenvalue weighted by molar-refractivity contribution is 7.99. The molecule has 1 aromatic rings. The SMILES string of the molecule is CNC1(C(N)=O)CCC(Sc2nc(C)cc(=O)[nH]2)C1. The average molecular weight is 282 g/mol. The summed E-state index contributed by atoms with van der Waals surface area (Å²) >= 11 is 1.50. The summed E-state index contributed by atoms with van der Waals surface area (Å²) in [5.41, 5.74) is 5.38. The van der Waals surface area contributed by atoms with Gasteiger partial charge in [0, 0.05) is 17.0 Å². The summed E-state index contributed by atoms with van der Waals surface area (Å²) in [5.74, 6) is -0.316. The van der Waals surface area contributed by atoms with E-state index in [4.69, 9.17) is 5.73 Å². The second-order valence-corrected chi connectivity index (χ2v) is 6.16. The third-order valence-corrected chi connectivity index (χ3v) is 4.70. The van der Waals surface area contributed by atoms with Crippen molar-refractivity contribution in [2.24, 2.45) is 5.73 Å². The van der Waals surface area contributed by atoms with E-state index < -0.39 is 5.54 Å². The maximum atomic E-state index is 11.5. The Hall–Kier alpha value is -1.34. The van der Waals surface area contributed by atoms with Crippen molar-refractivity contribution >= 4 is 17.7 Å². The van der Waals surface area contributed by atoms with Crippen LogP contribution in [-0.4, -0.2) is 33.7 Å². The van der Waals surface area contributed by atoms with E-state index in [9.17, 15) is 9.59 Å². The van der Waals surface area contributed by atoms with Crippen molar-refractivity contribution < 1.29 is 4.79 Å². The maximum absolute atomic E-state index is 11.5. The Kier molecular flexibility index (Phi) is 3.96. The summed E-state index contributed by atoms with van der Waals surface area (Å²) in [6, 6.07) is 1.46. The number of H-pyrrole nitrogens is 1. The number of thioether (sulfide) groups is 1. The van der Waals surface area contributed by atoms with Gasteiger partial charge in [-0.25, -0.2) is 4.98 Å². The van der Waals surface area contributed by atoms with Gasteiger partial charge in [0.05, 0.1) is 5.54 Å². The number of aromatic nitrogens is 2. The van der Waals surface area contributed by atoms with Gasteiger partial charge in [-0.3, -0.25) is 9.59 Å². The molecule has 1 aliphatic rings. The van der Waals surface area contributed by atoms with Crippen molar-refractivity contribution in [3.8, 4) is 0 Å². The number of carbonyl (C=O) groups excluding carboxylic acids is 1. The van der Waals surface area contributed by atoms with Gasteiger partial charge < -0.3 is 16.0 Å². The van der Waals surface area contributed by atoms with Gasteiger partial charge in [-0.15, -0.1) is 0 Å². The number of aryl methyl sites for hydroxylation is 1. The van der Waals surface area contributed by atoms with Crippen LogP contribution in [-0.2, 0) is 4.79 Å². The molecule has 2 unspecified atom stereocenters. The average Bonchev–Trinajstić information content (AvgIpc) is 2.72. The third-order valence-electron chi connectivity index (χ3n) is 3.55. The van der Waals surface area contributed by atoms with E-state index in [0.29, 0.717) is 23.7 Å². The van der Waals surface area contributed by atoms with Crippen LogP contribution in [0.4, 0.5) is 0 Å². The van der Waals surface area contributed by atoms with Crippen LogP contribution in [0.15, 0.2) is 16.0 Å². The minimum atomic E-state index is -0.623. The van der Waals surface area contributed by atoms with Crippen LogP contribution in [0, 0.1) is 6.92 Å². The molecule has 0 radical (unpaired) electrons. The van der Waals surface area contributed by atoms with Gasteiger partial charge in [0.1, 0.15) is 0 Å². The van der Waals surface area contributed by atoms with Crippen molar-refractivity contribution in [1.29, 1.82) is 0 Å². The Morgan fingerprint density at radius 3 is 2.95 bits per heavy atom. The molecule has 1 fully saturated rings. The van der Waals surface area contributed by atoms with Crippen molar-refractivity contribution in [3.63, 3.8) is 0 Å². The van der Waals surface area contributed by atoms with Crippen molar-refractivity contribution in [2.45, 2.75) is 42.1 Å². The number of hydrogen-bond donors (Lipinski definition) is 3. The predicted molar refractivity (Wildman–Crippen MR) is 74.1 cm³/mol. The number of nitrogens with two attached hydrogens (primary N) is 1. The molecule has 1 aromatic heterocycles. The number of rotatable bonds is 4. The van der Waals surface area contributed by atoms with Crippen LogP contribution in [0.2, 0.25) is 0 Å². The highest BCUT2D eigenvalue weighted by atomic mass is 32.2. The molecule has 0 spiro atoms. The molecule has 7 heteroatoms. The molecule has 1 amide bonds. The van der Waals surface area contributed by atoms with E-state index in [-0.39, 0.29) is 16.7 Å². The van der Waals surface area contributed by atoms with Crippen LogP contribution < -0.4 is 16.6 Å². The molecule has 0 aromatic carbocycles. The maximum Gasteiger partial charge on any atom is 0.251 e. The molecule has 6 nitrogen and oxygen atoms in total. The fourth-order valence-electron chi connectivity index (χ4n) is 2.44. The summed E-state index contributed by atoms with van der Waals surface area (Å²) in [4.78, 5) is 29.9. The molecule has 0 bridgehead atoms. The third kappa shape index (κ3) is 2.98. The Bertz CT molecular complexity index is 545. The predicted octanol–water partition coefficient (Wildman–Crippen LogP) is 0.166. The Balaban J connectivity index is 2.10. The summed E-state index contributed by atoms with van der Waals surface area (Å²) in [6.45, 7) is 1.79. The topological polar surface area (TPSA) is 101 Å². The smallest absolute Gasteiger partial charge is 0.251 e. The lowest BCUT2D eigenvalue weighted by molar-refractivity contribution is -0.124. The first-order valence-electron chi connectivity index (χ1n) is 6.18. The van der Waals surface area contributed by atoms with Gasteiger partial charge in [-0.05, 0) is 33.2 Å². The number of nitrogens with zero attached hydrogens (tertiary/aromatic N) is 1. The van der Waals surface area contributed by atoms with Crippen LogP contribution in [0.3, 0.4) is 0 Å². The number of hydrogen-bond acceptors (Lipinski definition) is 5. The highest BCUT2D eigenvalue weighted by Crippen LogP contribution is 2.38. The first-order valence-corrected chi connectivity index (χ1v) is 7.06. The van der Waals surface area contributed by atoms with Gasteiger partial charge in [0.2, 0.25) is 5.91 Å². The van der Waals surface area contributed by atoms with Gasteiger partial charge in [0.25, 0.3) is 5.56 Å². The van der Waals surface area contributed by atoms with Gasteiger partial charge >= 0.3 is 0 Å². The molecule has 1 aliphatic carbocycles. The molecule has 19 heavy (non-hydrogen) atoms. The van der Waals surface area contributed by atoms with Gasteiger partial charge in [-0.2, -0.15) is 0 Å². The lowest BCUT2D eigenvalue weighted by Crippen LogP contribution is -2.52. The molecule has 0 saturated heterocycles. The lowest BCUT2D eigenvalue weighted by atomic mass is 9.97. The van der Waals surface area contributed by atoms with Crippen molar-refractivity contribution in [3.05, 3.63) is 22.1 Å². The zero-order valence-corrected chi connectivity index (χ0v) is 11.8. The molecule has 2 atom stereocenters. The first kappa shape index (κ1) is 14.1. The van der Waals surface area contributed by atoms with Crippen molar-refractivity contribution in [2.75, 3.05) is 7.05 Å². The lowest BCUT2D eigenvalue weighted by Gasteiger charge is -2.24. The summed E-state index contributed by atoms with van der Waals surface area (Å²) in [7, 11) is 1.75. The molecule has 4 N–H and O–H groups in total. The number of amides is 1. The molecule has 104 valence electrons. The largest absolute Gasteiger partial charge is 0.368 e. The number of likely N-dealkylation sites (N-methyl/N-ethyl adjacent to an activating group) is 1. The second kappa shape index (κ2) is 5.34. The normalized spacial score (nSPS) is 26.5.